The minimum absolute atomic E-state index is 0.0407. The molecule has 0 saturated carbocycles. The van der Waals surface area contributed by atoms with Gasteiger partial charge in [-0.2, -0.15) is 19.8 Å². The molecule has 0 aliphatic carbocycles. The molecule has 5 aromatic rings. The second-order valence-electron chi connectivity index (χ2n) is 9.38. The van der Waals surface area contributed by atoms with Gasteiger partial charge in [0.1, 0.15) is 11.6 Å². The lowest BCUT2D eigenvalue weighted by Crippen LogP contribution is -2.22. The van der Waals surface area contributed by atoms with Gasteiger partial charge in [0.15, 0.2) is 11.6 Å². The Labute approximate surface area is 233 Å². The van der Waals surface area contributed by atoms with Crippen LogP contribution in [0.3, 0.4) is 0 Å². The van der Waals surface area contributed by atoms with Crippen molar-refractivity contribution in [1.82, 2.24) is 24.5 Å². The SMILES string of the molecule is CC(C)c1cc(NC(=O)Nc2ccc(Oc3ccnc(-c4cnn(C)c4)c3)c(F)c2F)n(-c2cccc(C#N)c2)n1. The summed E-state index contributed by atoms with van der Waals surface area (Å²) < 4.78 is 38.6. The maximum absolute atomic E-state index is 15.0. The number of aryl methyl sites for hydroxylation is 1. The molecule has 41 heavy (non-hydrogen) atoms. The van der Waals surface area contributed by atoms with E-state index in [9.17, 15) is 18.8 Å². The number of aromatic nitrogens is 5. The monoisotopic (exact) mass is 554 g/mol. The van der Waals surface area contributed by atoms with Crippen LogP contribution < -0.4 is 15.4 Å². The fraction of sp³-hybridized carbons (Fsp3) is 0.138. The summed E-state index contributed by atoms with van der Waals surface area (Å²) in [7, 11) is 1.77. The molecule has 206 valence electrons. The van der Waals surface area contributed by atoms with Gasteiger partial charge in [0, 0.05) is 37.1 Å². The number of carbonyl (C=O) groups excluding carboxylic acids is 1. The molecular weight excluding hydrogens is 530 g/mol. The normalized spacial score (nSPS) is 10.9. The molecule has 0 atom stereocenters. The standard InChI is InChI=1S/C29H24F2N8O2/c1-17(2)23-13-26(39(37-23)20-6-4-5-18(11-20)14-32)36-29(40)35-22-7-8-25(28(31)27(22)30)41-21-9-10-33-24(12-21)19-15-34-38(3)16-19/h4-13,15-17H,1-3H3,(H2,35,36,40). The van der Waals surface area contributed by atoms with Crippen LogP contribution in [0.25, 0.3) is 16.9 Å². The Kier molecular flexibility index (Phi) is 7.43. The van der Waals surface area contributed by atoms with Gasteiger partial charge in [0.05, 0.1) is 40.6 Å². The number of rotatable bonds is 7. The Bertz CT molecular complexity index is 1790. The van der Waals surface area contributed by atoms with Crippen molar-refractivity contribution in [3.63, 3.8) is 0 Å². The molecule has 0 bridgehead atoms. The fourth-order valence-corrected chi connectivity index (χ4v) is 3.96. The maximum Gasteiger partial charge on any atom is 0.324 e. The number of benzene rings is 2. The number of halogens is 2. The predicted molar refractivity (Wildman–Crippen MR) is 148 cm³/mol. The van der Waals surface area contributed by atoms with Gasteiger partial charge in [-0.1, -0.05) is 19.9 Å². The first-order valence-corrected chi connectivity index (χ1v) is 12.5. The van der Waals surface area contributed by atoms with Crippen molar-refractivity contribution in [2.24, 2.45) is 7.05 Å². The van der Waals surface area contributed by atoms with E-state index in [2.05, 4.69) is 31.9 Å². The van der Waals surface area contributed by atoms with E-state index in [0.29, 0.717) is 22.6 Å². The van der Waals surface area contributed by atoms with Gasteiger partial charge in [-0.3, -0.25) is 15.0 Å². The molecule has 0 radical (unpaired) electrons. The second kappa shape index (κ2) is 11.3. The van der Waals surface area contributed by atoms with Gasteiger partial charge in [-0.25, -0.2) is 13.9 Å². The van der Waals surface area contributed by atoms with Crippen molar-refractivity contribution in [2.45, 2.75) is 19.8 Å². The van der Waals surface area contributed by atoms with E-state index in [-0.39, 0.29) is 28.9 Å². The van der Waals surface area contributed by atoms with Crippen molar-refractivity contribution in [2.75, 3.05) is 10.6 Å². The number of pyridine rings is 1. The molecular formula is C29H24F2N8O2. The number of anilines is 2. The third-order valence-electron chi connectivity index (χ3n) is 6.04. The van der Waals surface area contributed by atoms with Crippen LogP contribution in [0.1, 0.15) is 31.0 Å². The van der Waals surface area contributed by atoms with E-state index in [0.717, 1.165) is 5.56 Å². The average Bonchev–Trinajstić information content (AvgIpc) is 3.59. The Hall–Kier alpha value is -5.57. The largest absolute Gasteiger partial charge is 0.454 e. The lowest BCUT2D eigenvalue weighted by atomic mass is 10.1. The van der Waals surface area contributed by atoms with Crippen LogP contribution in [-0.2, 0) is 7.05 Å². The highest BCUT2D eigenvalue weighted by Crippen LogP contribution is 2.31. The maximum atomic E-state index is 15.0. The average molecular weight is 555 g/mol. The zero-order valence-electron chi connectivity index (χ0n) is 22.3. The number of urea groups is 1. The van der Waals surface area contributed by atoms with E-state index >= 15 is 0 Å². The van der Waals surface area contributed by atoms with Crippen LogP contribution >= 0.6 is 0 Å². The molecule has 0 unspecified atom stereocenters. The number of hydrogen-bond acceptors (Lipinski definition) is 6. The lowest BCUT2D eigenvalue weighted by molar-refractivity contribution is 0.262. The summed E-state index contributed by atoms with van der Waals surface area (Å²) in [6, 6.07) is 15.1. The van der Waals surface area contributed by atoms with E-state index in [1.807, 2.05) is 13.8 Å². The minimum Gasteiger partial charge on any atom is -0.454 e. The number of hydrogen-bond donors (Lipinski definition) is 2. The number of carbonyl (C=O) groups is 1. The van der Waals surface area contributed by atoms with Crippen LogP contribution in [0.15, 0.2) is 73.2 Å². The molecule has 0 aliphatic heterocycles. The van der Waals surface area contributed by atoms with Crippen LogP contribution in [0.5, 0.6) is 11.5 Å². The second-order valence-corrected chi connectivity index (χ2v) is 9.38. The summed E-state index contributed by atoms with van der Waals surface area (Å²) >= 11 is 0. The Morgan fingerprint density at radius 1 is 1.07 bits per heavy atom. The fourth-order valence-electron chi connectivity index (χ4n) is 3.96. The van der Waals surface area contributed by atoms with Crippen LogP contribution in [0, 0.1) is 23.0 Å². The Morgan fingerprint density at radius 2 is 1.90 bits per heavy atom. The zero-order valence-corrected chi connectivity index (χ0v) is 22.3. The van der Waals surface area contributed by atoms with Crippen molar-refractivity contribution in [1.29, 1.82) is 5.26 Å². The topological polar surface area (TPSA) is 123 Å². The quantitative estimate of drug-likeness (QED) is 0.241. The smallest absolute Gasteiger partial charge is 0.324 e. The molecule has 12 heteroatoms. The number of nitriles is 1. The summed E-state index contributed by atoms with van der Waals surface area (Å²) in [6.07, 6.45) is 4.87. The number of amides is 2. The van der Waals surface area contributed by atoms with Crippen LogP contribution in [-0.4, -0.2) is 30.6 Å². The number of ether oxygens (including phenoxy) is 1. The summed E-state index contributed by atoms with van der Waals surface area (Å²) in [5.74, 6) is -2.37. The first-order valence-electron chi connectivity index (χ1n) is 12.5. The third-order valence-corrected chi connectivity index (χ3v) is 6.04. The van der Waals surface area contributed by atoms with Crippen LogP contribution in [0.4, 0.5) is 25.1 Å². The van der Waals surface area contributed by atoms with E-state index in [1.54, 1.807) is 60.5 Å². The molecule has 5 rings (SSSR count). The van der Waals surface area contributed by atoms with Gasteiger partial charge in [-0.15, -0.1) is 0 Å². The summed E-state index contributed by atoms with van der Waals surface area (Å²) in [5, 5.41) is 22.8. The van der Waals surface area contributed by atoms with Crippen molar-refractivity contribution in [3.05, 3.63) is 96.1 Å². The van der Waals surface area contributed by atoms with Crippen molar-refractivity contribution in [3.8, 4) is 34.5 Å². The summed E-state index contributed by atoms with van der Waals surface area (Å²) in [5.41, 5.74) is 2.54. The van der Waals surface area contributed by atoms with E-state index < -0.39 is 17.7 Å². The molecule has 0 aliphatic rings. The van der Waals surface area contributed by atoms with Gasteiger partial charge < -0.3 is 10.1 Å². The van der Waals surface area contributed by atoms with Gasteiger partial charge in [-0.05, 0) is 42.3 Å². The molecule has 10 nitrogen and oxygen atoms in total. The number of nitrogens with one attached hydrogen (secondary N) is 2. The molecule has 2 amide bonds. The van der Waals surface area contributed by atoms with Crippen molar-refractivity contribution < 1.29 is 18.3 Å². The predicted octanol–water partition coefficient (Wildman–Crippen LogP) is 6.38. The van der Waals surface area contributed by atoms with Gasteiger partial charge in [0.2, 0.25) is 5.82 Å². The minimum atomic E-state index is -1.29. The molecule has 0 saturated heterocycles. The molecule has 0 fully saturated rings. The third kappa shape index (κ3) is 5.89. The Balaban J connectivity index is 1.34. The van der Waals surface area contributed by atoms with Crippen molar-refractivity contribution >= 4 is 17.5 Å². The molecule has 0 spiro atoms. The highest BCUT2D eigenvalue weighted by atomic mass is 19.2. The highest BCUT2D eigenvalue weighted by molar-refractivity contribution is 5.99. The summed E-state index contributed by atoms with van der Waals surface area (Å²) in [6.45, 7) is 3.88. The molecule has 3 heterocycles. The number of nitrogens with zero attached hydrogens (tertiary/aromatic N) is 6. The summed E-state index contributed by atoms with van der Waals surface area (Å²) in [4.78, 5) is 17.1. The van der Waals surface area contributed by atoms with Crippen LogP contribution in [0.2, 0.25) is 0 Å². The van der Waals surface area contributed by atoms with E-state index in [1.165, 1.54) is 29.1 Å². The lowest BCUT2D eigenvalue weighted by Gasteiger charge is -2.13. The van der Waals surface area contributed by atoms with Gasteiger partial charge >= 0.3 is 6.03 Å². The zero-order chi connectivity index (χ0) is 29.1. The Morgan fingerprint density at radius 3 is 2.63 bits per heavy atom. The van der Waals surface area contributed by atoms with Gasteiger partial charge in [0.25, 0.3) is 0 Å². The first-order chi connectivity index (χ1) is 19.7. The molecule has 3 aromatic heterocycles. The van der Waals surface area contributed by atoms with E-state index in [4.69, 9.17) is 4.74 Å². The first kappa shape index (κ1) is 27.0. The molecule has 2 N–H and O–H groups in total. The molecule has 2 aromatic carbocycles. The highest BCUT2D eigenvalue weighted by Gasteiger charge is 2.19.